The molecule has 0 heterocycles. The van der Waals surface area contributed by atoms with E-state index in [4.69, 9.17) is 17.3 Å². The molecule has 11 heavy (non-hydrogen) atoms. The van der Waals surface area contributed by atoms with E-state index in [1.54, 1.807) is 0 Å². The van der Waals surface area contributed by atoms with Crippen LogP contribution in [0.5, 0.6) is 0 Å². The molecule has 0 aromatic rings. The molecule has 0 aliphatic rings. The first-order chi connectivity index (χ1) is 4.31. The first kappa shape index (κ1) is 17.6. The summed E-state index contributed by atoms with van der Waals surface area (Å²) in [4.78, 5) is 2.10. The van der Waals surface area contributed by atoms with Gasteiger partial charge < -0.3 is 10.6 Å². The first-order valence-electron chi connectivity index (χ1n) is 2.95. The van der Waals surface area contributed by atoms with Crippen molar-refractivity contribution in [3.63, 3.8) is 0 Å². The smallest absolute Gasteiger partial charge is 0.0172 e. The maximum Gasteiger partial charge on any atom is 0.0172 e. The van der Waals surface area contributed by atoms with Gasteiger partial charge in [-0.2, -0.15) is 0 Å². The van der Waals surface area contributed by atoms with E-state index in [1.165, 1.54) is 5.54 Å². The number of rotatable bonds is 4. The summed E-state index contributed by atoms with van der Waals surface area (Å²) in [6.45, 7) is 2.49. The zero-order valence-electron chi connectivity index (χ0n) is 6.50. The number of hydrogen-bond acceptors (Lipinski definition) is 2. The molecular formula is C6H15Cl3N2. The Kier molecular flexibility index (Phi) is 21.0. The second-order valence-electron chi connectivity index (χ2n) is 1.91. The topological polar surface area (TPSA) is 29.3 Å². The predicted octanol–water partition coefficient (Wildman–Crippen LogP) is 1.47. The van der Waals surface area contributed by atoms with Gasteiger partial charge in [-0.15, -0.1) is 24.8 Å². The molecule has 2 N–H and O–H groups in total. The van der Waals surface area contributed by atoms with Gasteiger partial charge in [-0.25, -0.2) is 0 Å². The van der Waals surface area contributed by atoms with Crippen molar-refractivity contribution in [1.82, 2.24) is 4.90 Å². The van der Waals surface area contributed by atoms with Crippen molar-refractivity contribution in [1.29, 1.82) is 0 Å². The molecule has 0 saturated carbocycles. The summed E-state index contributed by atoms with van der Waals surface area (Å²) in [6.07, 6.45) is 1.89. The summed E-state index contributed by atoms with van der Waals surface area (Å²) in [5.74, 6) is 0. The van der Waals surface area contributed by atoms with Crippen LogP contribution in [0.2, 0.25) is 0 Å². The van der Waals surface area contributed by atoms with E-state index >= 15 is 0 Å². The maximum atomic E-state index is 5.31. The van der Waals surface area contributed by atoms with E-state index in [0.29, 0.717) is 6.54 Å². The van der Waals surface area contributed by atoms with Crippen molar-refractivity contribution in [3.8, 4) is 0 Å². The minimum atomic E-state index is 0. The van der Waals surface area contributed by atoms with Crippen molar-refractivity contribution < 1.29 is 0 Å². The fourth-order valence-corrected chi connectivity index (χ4v) is 0.611. The zero-order valence-corrected chi connectivity index (χ0v) is 8.88. The summed E-state index contributed by atoms with van der Waals surface area (Å²) in [7, 11) is 2.00. The highest BCUT2D eigenvalue weighted by Crippen LogP contribution is 1.83. The molecule has 0 unspecified atom stereocenters. The third-order valence-corrected chi connectivity index (χ3v) is 1.20. The van der Waals surface area contributed by atoms with Crippen LogP contribution in [0.15, 0.2) is 11.6 Å². The Hall–Kier alpha value is 0.530. The Bertz CT molecular complexity index is 87.9. The summed E-state index contributed by atoms with van der Waals surface area (Å²) in [6, 6.07) is 0. The van der Waals surface area contributed by atoms with Gasteiger partial charge in [0.15, 0.2) is 0 Å². The van der Waals surface area contributed by atoms with Crippen LogP contribution >= 0.6 is 36.4 Å². The van der Waals surface area contributed by atoms with Gasteiger partial charge in [0, 0.05) is 25.2 Å². The quantitative estimate of drug-likeness (QED) is 0.779. The van der Waals surface area contributed by atoms with Crippen LogP contribution in [-0.2, 0) is 0 Å². The van der Waals surface area contributed by atoms with Gasteiger partial charge in [-0.05, 0) is 7.05 Å². The Labute approximate surface area is 85.6 Å². The Morgan fingerprint density at radius 1 is 1.45 bits per heavy atom. The molecule has 0 spiro atoms. The fourth-order valence-electron chi connectivity index (χ4n) is 0.531. The van der Waals surface area contributed by atoms with Gasteiger partial charge in [-0.1, -0.05) is 17.7 Å². The molecule has 0 rings (SSSR count). The van der Waals surface area contributed by atoms with Gasteiger partial charge >= 0.3 is 0 Å². The average Bonchev–Trinajstić information content (AvgIpc) is 1.85. The van der Waals surface area contributed by atoms with E-state index in [2.05, 4.69) is 4.90 Å². The Morgan fingerprint density at radius 3 is 2.36 bits per heavy atom. The van der Waals surface area contributed by atoms with Crippen LogP contribution in [0, 0.1) is 0 Å². The maximum absolute atomic E-state index is 5.31. The van der Waals surface area contributed by atoms with Gasteiger partial charge in [0.05, 0.1) is 0 Å². The molecule has 0 atom stereocenters. The molecule has 5 heteroatoms. The molecular weight excluding hydrogens is 206 g/mol. The molecule has 0 fully saturated rings. The van der Waals surface area contributed by atoms with E-state index in [0.717, 1.165) is 13.1 Å². The molecule has 0 saturated heterocycles. The average molecular weight is 222 g/mol. The molecule has 0 aromatic carbocycles. The molecule has 0 amide bonds. The summed E-state index contributed by atoms with van der Waals surface area (Å²) >= 11 is 5.31. The highest BCUT2D eigenvalue weighted by atomic mass is 35.5. The Balaban J connectivity index is -0.000000320. The largest absolute Gasteiger partial charge is 0.329 e. The van der Waals surface area contributed by atoms with Crippen LogP contribution in [-0.4, -0.2) is 31.6 Å². The van der Waals surface area contributed by atoms with Gasteiger partial charge in [0.2, 0.25) is 0 Å². The molecule has 0 aliphatic carbocycles. The van der Waals surface area contributed by atoms with Crippen LogP contribution in [0.1, 0.15) is 0 Å². The lowest BCUT2D eigenvalue weighted by molar-refractivity contribution is 0.381. The summed E-state index contributed by atoms with van der Waals surface area (Å²) < 4.78 is 0. The second kappa shape index (κ2) is 13.1. The van der Waals surface area contributed by atoms with Crippen LogP contribution < -0.4 is 5.73 Å². The molecule has 70 valence electrons. The Morgan fingerprint density at radius 2 is 2.00 bits per heavy atom. The lowest BCUT2D eigenvalue weighted by atomic mass is 10.5. The third-order valence-electron chi connectivity index (χ3n) is 1.02. The van der Waals surface area contributed by atoms with Gasteiger partial charge in [-0.3, -0.25) is 0 Å². The SMILES string of the molecule is CN(C/C=C/Cl)CCN.Cl.Cl. The van der Waals surface area contributed by atoms with E-state index in [-0.39, 0.29) is 24.8 Å². The van der Waals surface area contributed by atoms with Crippen molar-refractivity contribution in [2.24, 2.45) is 5.73 Å². The monoisotopic (exact) mass is 220 g/mol. The van der Waals surface area contributed by atoms with Crippen molar-refractivity contribution in [2.75, 3.05) is 26.7 Å². The van der Waals surface area contributed by atoms with Crippen molar-refractivity contribution >= 4 is 36.4 Å². The molecule has 0 aromatic heterocycles. The standard InChI is InChI=1S/C6H13ClN2.2ClH/c1-9(6-4-8)5-2-3-7;;/h2-3H,4-6,8H2,1H3;2*1H/b3-2+;;. The lowest BCUT2D eigenvalue weighted by Crippen LogP contribution is -2.25. The van der Waals surface area contributed by atoms with E-state index in [9.17, 15) is 0 Å². The normalized spacial score (nSPS) is 9.45. The molecule has 0 radical (unpaired) electrons. The van der Waals surface area contributed by atoms with Crippen LogP contribution in [0.25, 0.3) is 0 Å². The van der Waals surface area contributed by atoms with Gasteiger partial charge in [0.25, 0.3) is 0 Å². The highest BCUT2D eigenvalue weighted by Gasteiger charge is 1.89. The summed E-state index contributed by atoms with van der Waals surface area (Å²) in [5.41, 5.74) is 6.82. The number of hydrogen-bond donors (Lipinski definition) is 1. The van der Waals surface area contributed by atoms with E-state index < -0.39 is 0 Å². The van der Waals surface area contributed by atoms with Gasteiger partial charge in [0.1, 0.15) is 0 Å². The lowest BCUT2D eigenvalue weighted by Gasteiger charge is -2.10. The van der Waals surface area contributed by atoms with Crippen molar-refractivity contribution in [3.05, 3.63) is 11.6 Å². The highest BCUT2D eigenvalue weighted by molar-refractivity contribution is 6.25. The predicted molar refractivity (Wildman–Crippen MR) is 56.0 cm³/mol. The fraction of sp³-hybridized carbons (Fsp3) is 0.667. The number of halogens is 3. The first-order valence-corrected chi connectivity index (χ1v) is 3.38. The van der Waals surface area contributed by atoms with Crippen molar-refractivity contribution in [2.45, 2.75) is 0 Å². The second-order valence-corrected chi connectivity index (χ2v) is 2.16. The minimum absolute atomic E-state index is 0. The third kappa shape index (κ3) is 13.5. The zero-order chi connectivity index (χ0) is 7.11. The minimum Gasteiger partial charge on any atom is -0.329 e. The van der Waals surface area contributed by atoms with Crippen LogP contribution in [0.4, 0.5) is 0 Å². The van der Waals surface area contributed by atoms with E-state index in [1.807, 2.05) is 13.1 Å². The number of likely N-dealkylation sites (N-methyl/N-ethyl adjacent to an activating group) is 1. The molecule has 0 bridgehead atoms. The van der Waals surface area contributed by atoms with Crippen LogP contribution in [0.3, 0.4) is 0 Å². The molecule has 2 nitrogen and oxygen atoms in total. The summed E-state index contributed by atoms with van der Waals surface area (Å²) in [5, 5.41) is 0. The molecule has 0 aliphatic heterocycles. The number of nitrogens with two attached hydrogens (primary N) is 1. The number of nitrogens with zero attached hydrogens (tertiary/aromatic N) is 1.